The van der Waals surface area contributed by atoms with Crippen LogP contribution in [0, 0.1) is 0 Å². The van der Waals surface area contributed by atoms with Crippen molar-refractivity contribution in [2.24, 2.45) is 0 Å². The number of aromatic nitrogens is 2. The molecule has 0 saturated carbocycles. The lowest BCUT2D eigenvalue weighted by Gasteiger charge is -2.34. The summed E-state index contributed by atoms with van der Waals surface area (Å²) in [4.78, 5) is 21.2. The van der Waals surface area contributed by atoms with Crippen molar-refractivity contribution >= 4 is 34.2 Å². The van der Waals surface area contributed by atoms with Crippen LogP contribution in [0.3, 0.4) is 0 Å². The summed E-state index contributed by atoms with van der Waals surface area (Å²) in [6.45, 7) is 7.14. The molecule has 1 aromatic carbocycles. The van der Waals surface area contributed by atoms with Gasteiger partial charge in [-0.15, -0.1) is 0 Å². The molecule has 1 aliphatic heterocycles. The summed E-state index contributed by atoms with van der Waals surface area (Å²) in [7, 11) is 0. The van der Waals surface area contributed by atoms with Gasteiger partial charge in [-0.3, -0.25) is 4.79 Å². The summed E-state index contributed by atoms with van der Waals surface area (Å²) in [5, 5.41) is 1.59. The molecule has 3 rings (SSSR count). The van der Waals surface area contributed by atoms with Crippen LogP contribution >= 0.6 is 23.1 Å². The quantitative estimate of drug-likeness (QED) is 0.852. The molecule has 0 aliphatic carbocycles. The smallest absolute Gasteiger partial charge is 0.253 e. The third-order valence-corrected chi connectivity index (χ3v) is 4.92. The van der Waals surface area contributed by atoms with Gasteiger partial charge in [0.2, 0.25) is 5.13 Å². The molecule has 0 unspecified atom stereocenters. The van der Waals surface area contributed by atoms with Crippen LogP contribution in [0.4, 0.5) is 5.13 Å². The molecule has 1 saturated heterocycles. The maximum absolute atomic E-state index is 12.5. The SMILES string of the molecule is CC(C)c1nsc(N2CCN(C(=O)c3ccc(Cl)cc3)CC2)n1. The summed E-state index contributed by atoms with van der Waals surface area (Å²) >= 11 is 7.31. The molecule has 2 heterocycles. The van der Waals surface area contributed by atoms with Crippen LogP contribution in [0.1, 0.15) is 35.9 Å². The summed E-state index contributed by atoms with van der Waals surface area (Å²) < 4.78 is 4.40. The molecule has 1 amide bonds. The van der Waals surface area contributed by atoms with Gasteiger partial charge in [0.05, 0.1) is 0 Å². The van der Waals surface area contributed by atoms with Crippen LogP contribution in [0.15, 0.2) is 24.3 Å². The Morgan fingerprint density at radius 1 is 1.17 bits per heavy atom. The fourth-order valence-corrected chi connectivity index (χ4v) is 3.45. The van der Waals surface area contributed by atoms with E-state index < -0.39 is 0 Å². The van der Waals surface area contributed by atoms with Crippen molar-refractivity contribution in [3.63, 3.8) is 0 Å². The molecule has 1 aliphatic rings. The molecule has 1 fully saturated rings. The van der Waals surface area contributed by atoms with E-state index in [1.54, 1.807) is 24.3 Å². The van der Waals surface area contributed by atoms with Crippen LogP contribution in [0.5, 0.6) is 0 Å². The number of anilines is 1. The molecule has 7 heteroatoms. The lowest BCUT2D eigenvalue weighted by molar-refractivity contribution is 0.0747. The van der Waals surface area contributed by atoms with Gasteiger partial charge in [0, 0.05) is 54.2 Å². The van der Waals surface area contributed by atoms with E-state index >= 15 is 0 Å². The summed E-state index contributed by atoms with van der Waals surface area (Å²) in [5.41, 5.74) is 0.681. The van der Waals surface area contributed by atoms with Crippen LogP contribution in [-0.2, 0) is 0 Å². The minimum atomic E-state index is 0.0569. The molecular formula is C16H19ClN4OS. The van der Waals surface area contributed by atoms with Crippen molar-refractivity contribution in [1.29, 1.82) is 0 Å². The van der Waals surface area contributed by atoms with Crippen LogP contribution in [0.25, 0.3) is 0 Å². The molecular weight excluding hydrogens is 332 g/mol. The average molecular weight is 351 g/mol. The first kappa shape index (κ1) is 16.2. The molecule has 0 spiro atoms. The monoisotopic (exact) mass is 350 g/mol. The Balaban J connectivity index is 1.61. The zero-order chi connectivity index (χ0) is 16.4. The van der Waals surface area contributed by atoms with Gasteiger partial charge in [-0.25, -0.2) is 4.98 Å². The van der Waals surface area contributed by atoms with E-state index in [0.29, 0.717) is 29.6 Å². The van der Waals surface area contributed by atoms with Crippen LogP contribution in [-0.4, -0.2) is 46.3 Å². The number of rotatable bonds is 3. The molecule has 122 valence electrons. The summed E-state index contributed by atoms with van der Waals surface area (Å²) in [5.74, 6) is 1.29. The molecule has 5 nitrogen and oxygen atoms in total. The minimum absolute atomic E-state index is 0.0569. The number of carbonyl (C=O) groups excluding carboxylic acids is 1. The maximum atomic E-state index is 12.5. The van der Waals surface area contributed by atoms with Gasteiger partial charge in [-0.05, 0) is 24.3 Å². The van der Waals surface area contributed by atoms with Crippen molar-refractivity contribution in [2.75, 3.05) is 31.1 Å². The van der Waals surface area contributed by atoms with E-state index in [1.165, 1.54) is 11.5 Å². The van der Waals surface area contributed by atoms with Crippen molar-refractivity contribution in [3.05, 3.63) is 40.7 Å². The highest BCUT2D eigenvalue weighted by Crippen LogP contribution is 2.23. The molecule has 2 aromatic rings. The number of hydrogen-bond donors (Lipinski definition) is 0. The first-order valence-corrected chi connectivity index (χ1v) is 8.83. The van der Waals surface area contributed by atoms with Gasteiger partial charge in [0.25, 0.3) is 5.91 Å². The fraction of sp³-hybridized carbons (Fsp3) is 0.438. The highest BCUT2D eigenvalue weighted by atomic mass is 35.5. The van der Waals surface area contributed by atoms with E-state index in [2.05, 4.69) is 28.1 Å². The van der Waals surface area contributed by atoms with E-state index in [9.17, 15) is 4.79 Å². The third-order valence-electron chi connectivity index (χ3n) is 3.88. The second kappa shape index (κ2) is 6.84. The van der Waals surface area contributed by atoms with E-state index in [-0.39, 0.29) is 5.91 Å². The third kappa shape index (κ3) is 3.64. The molecule has 0 atom stereocenters. The van der Waals surface area contributed by atoms with Crippen LogP contribution in [0.2, 0.25) is 5.02 Å². The van der Waals surface area contributed by atoms with E-state index in [1.807, 2.05) is 4.90 Å². The minimum Gasteiger partial charge on any atom is -0.343 e. The van der Waals surface area contributed by atoms with Crippen molar-refractivity contribution in [2.45, 2.75) is 19.8 Å². The molecule has 0 N–H and O–H groups in total. The molecule has 23 heavy (non-hydrogen) atoms. The van der Waals surface area contributed by atoms with Crippen molar-refractivity contribution < 1.29 is 4.79 Å². The number of carbonyl (C=O) groups is 1. The Hall–Kier alpha value is -1.66. The Labute approximate surface area is 145 Å². The average Bonchev–Trinajstić information content (AvgIpc) is 3.05. The Bertz CT molecular complexity index is 678. The number of piperazine rings is 1. The maximum Gasteiger partial charge on any atom is 0.253 e. The zero-order valence-corrected chi connectivity index (χ0v) is 14.8. The van der Waals surface area contributed by atoms with Gasteiger partial charge in [0.15, 0.2) is 0 Å². The largest absolute Gasteiger partial charge is 0.343 e. The van der Waals surface area contributed by atoms with Crippen molar-refractivity contribution in [1.82, 2.24) is 14.3 Å². The van der Waals surface area contributed by atoms with Gasteiger partial charge in [-0.1, -0.05) is 25.4 Å². The number of benzene rings is 1. The zero-order valence-electron chi connectivity index (χ0n) is 13.2. The molecule has 0 radical (unpaired) electrons. The summed E-state index contributed by atoms with van der Waals surface area (Å²) in [6.07, 6.45) is 0. The van der Waals surface area contributed by atoms with Gasteiger partial charge >= 0.3 is 0 Å². The van der Waals surface area contributed by atoms with Gasteiger partial charge in [-0.2, -0.15) is 4.37 Å². The summed E-state index contributed by atoms with van der Waals surface area (Å²) in [6, 6.07) is 7.05. The number of halogens is 1. The highest BCUT2D eigenvalue weighted by molar-refractivity contribution is 7.09. The van der Waals surface area contributed by atoms with Gasteiger partial charge < -0.3 is 9.80 Å². The van der Waals surface area contributed by atoms with E-state index in [4.69, 9.17) is 11.6 Å². The van der Waals surface area contributed by atoms with E-state index in [0.717, 1.165) is 24.0 Å². The standard InChI is InChI=1S/C16H19ClN4OS/c1-11(2)14-18-16(23-19-14)21-9-7-20(8-10-21)15(22)12-3-5-13(17)6-4-12/h3-6,11H,7-10H2,1-2H3. The van der Waals surface area contributed by atoms with Crippen LogP contribution < -0.4 is 4.90 Å². The topological polar surface area (TPSA) is 49.3 Å². The first-order valence-electron chi connectivity index (χ1n) is 7.68. The Morgan fingerprint density at radius 2 is 1.83 bits per heavy atom. The normalized spacial score (nSPS) is 15.3. The molecule has 0 bridgehead atoms. The lowest BCUT2D eigenvalue weighted by Crippen LogP contribution is -2.48. The predicted octanol–water partition coefficient (Wildman–Crippen LogP) is 3.28. The Kier molecular flexibility index (Phi) is 4.82. The molecule has 1 aromatic heterocycles. The Morgan fingerprint density at radius 3 is 2.39 bits per heavy atom. The number of hydrogen-bond acceptors (Lipinski definition) is 5. The number of amides is 1. The van der Waals surface area contributed by atoms with Crippen molar-refractivity contribution in [3.8, 4) is 0 Å². The van der Waals surface area contributed by atoms with Gasteiger partial charge in [0.1, 0.15) is 5.82 Å². The fourth-order valence-electron chi connectivity index (χ4n) is 2.47. The predicted molar refractivity (Wildman–Crippen MR) is 93.6 cm³/mol. The highest BCUT2D eigenvalue weighted by Gasteiger charge is 2.24. The second-order valence-corrected chi connectivity index (χ2v) is 7.04. The lowest BCUT2D eigenvalue weighted by atomic mass is 10.2. The first-order chi connectivity index (χ1) is 11.0. The number of nitrogens with zero attached hydrogens (tertiary/aromatic N) is 4. The second-order valence-electron chi connectivity index (χ2n) is 5.88.